The molecule has 0 bridgehead atoms. The molecular formula is C57H43N3O. The highest BCUT2D eigenvalue weighted by Crippen LogP contribution is 2.42. The van der Waals surface area contributed by atoms with E-state index in [4.69, 9.17) is 9.72 Å². The lowest BCUT2D eigenvalue weighted by Gasteiger charge is -2.18. The van der Waals surface area contributed by atoms with Crippen molar-refractivity contribution < 1.29 is 4.74 Å². The third-order valence-corrected chi connectivity index (χ3v) is 11.4. The van der Waals surface area contributed by atoms with Gasteiger partial charge < -0.3 is 9.30 Å². The number of hydrogen-bond donors (Lipinski definition) is 0. The standard InChI is InChI=1S/C57H43N3O/c1-3-16-49-50-37-34-46(41-19-9-5-10-20-41)39-55(50)60(52(49)38-27-40-17-7-4-8-18-40)54-26-15-23-48(56(54)61-2)44-30-28-42(29-31-44)43-32-35-47(36-33-43)59-53-25-14-13-24-51(53)58-57(59)45-21-11-6-12-22-45/h3-39H,1-2H3/b16-3-,38-27+. The van der Waals surface area contributed by atoms with Crippen molar-refractivity contribution in [3.8, 4) is 61.9 Å². The molecule has 0 fully saturated rings. The van der Waals surface area contributed by atoms with Crippen molar-refractivity contribution in [1.82, 2.24) is 14.1 Å². The molecule has 0 unspecified atom stereocenters. The zero-order valence-electron chi connectivity index (χ0n) is 34.1. The largest absolute Gasteiger partial charge is 0.494 e. The molecule has 0 saturated heterocycles. The second kappa shape index (κ2) is 16.4. The van der Waals surface area contributed by atoms with Gasteiger partial charge in [-0.1, -0.05) is 182 Å². The lowest BCUT2D eigenvalue weighted by Crippen LogP contribution is -2.02. The molecule has 292 valence electrons. The molecule has 2 heterocycles. The van der Waals surface area contributed by atoms with E-state index >= 15 is 0 Å². The summed E-state index contributed by atoms with van der Waals surface area (Å²) in [7, 11) is 1.78. The molecule has 0 aliphatic heterocycles. The number of imidazole rings is 1. The van der Waals surface area contributed by atoms with Crippen LogP contribution in [0.25, 0.3) is 96.3 Å². The zero-order chi connectivity index (χ0) is 41.1. The van der Waals surface area contributed by atoms with Crippen LogP contribution in [0.15, 0.2) is 206 Å². The number of nitrogens with zero attached hydrogens (tertiary/aromatic N) is 3. The summed E-state index contributed by atoms with van der Waals surface area (Å²) in [5.74, 6) is 1.74. The van der Waals surface area contributed by atoms with Crippen LogP contribution in [0.4, 0.5) is 0 Å². The fourth-order valence-corrected chi connectivity index (χ4v) is 8.50. The molecule has 0 radical (unpaired) electrons. The highest BCUT2D eigenvalue weighted by molar-refractivity contribution is 5.99. The molecular weight excluding hydrogens is 743 g/mol. The molecule has 0 amide bonds. The number of para-hydroxylation sites is 3. The van der Waals surface area contributed by atoms with Gasteiger partial charge in [0, 0.05) is 27.8 Å². The minimum Gasteiger partial charge on any atom is -0.494 e. The monoisotopic (exact) mass is 785 g/mol. The summed E-state index contributed by atoms with van der Waals surface area (Å²) >= 11 is 0. The van der Waals surface area contributed by atoms with E-state index in [0.717, 1.165) is 89.7 Å². The molecule has 0 aliphatic carbocycles. The minimum atomic E-state index is 0.810. The summed E-state index contributed by atoms with van der Waals surface area (Å²) in [6.45, 7) is 2.08. The van der Waals surface area contributed by atoms with E-state index in [9.17, 15) is 0 Å². The van der Waals surface area contributed by atoms with Crippen LogP contribution in [-0.2, 0) is 0 Å². The summed E-state index contributed by atoms with van der Waals surface area (Å²) < 4.78 is 11.0. The van der Waals surface area contributed by atoms with Crippen LogP contribution < -0.4 is 4.74 Å². The van der Waals surface area contributed by atoms with Crippen LogP contribution in [-0.4, -0.2) is 21.2 Å². The summed E-state index contributed by atoms with van der Waals surface area (Å²) in [4.78, 5) is 5.03. The Morgan fingerprint density at radius 3 is 1.79 bits per heavy atom. The van der Waals surface area contributed by atoms with Gasteiger partial charge in [-0.15, -0.1) is 0 Å². The van der Waals surface area contributed by atoms with Gasteiger partial charge in [-0.05, 0) is 82.8 Å². The predicted octanol–water partition coefficient (Wildman–Crippen LogP) is 14.8. The van der Waals surface area contributed by atoms with Gasteiger partial charge >= 0.3 is 0 Å². The normalized spacial score (nSPS) is 11.6. The predicted molar refractivity (Wildman–Crippen MR) is 256 cm³/mol. The van der Waals surface area contributed by atoms with E-state index in [2.05, 4.69) is 228 Å². The van der Waals surface area contributed by atoms with Gasteiger partial charge in [0.05, 0.1) is 35.0 Å². The Morgan fingerprint density at radius 1 is 0.475 bits per heavy atom. The second-order valence-corrected chi connectivity index (χ2v) is 15.1. The van der Waals surface area contributed by atoms with Crippen molar-refractivity contribution >= 4 is 40.2 Å². The molecule has 0 N–H and O–H groups in total. The van der Waals surface area contributed by atoms with Crippen LogP contribution in [0.5, 0.6) is 5.75 Å². The Bertz CT molecular complexity index is 3190. The van der Waals surface area contributed by atoms with E-state index in [0.29, 0.717) is 0 Å². The van der Waals surface area contributed by atoms with Gasteiger partial charge in [0.2, 0.25) is 0 Å². The van der Waals surface area contributed by atoms with Crippen molar-refractivity contribution in [3.63, 3.8) is 0 Å². The summed E-state index contributed by atoms with van der Waals surface area (Å²) in [6, 6.07) is 70.6. The number of fused-ring (bicyclic) bond motifs is 2. The Labute approximate surface area is 356 Å². The number of rotatable bonds is 10. The zero-order valence-corrected chi connectivity index (χ0v) is 34.1. The van der Waals surface area contributed by atoms with Gasteiger partial charge in [0.1, 0.15) is 5.82 Å². The summed E-state index contributed by atoms with van der Waals surface area (Å²) in [5.41, 5.74) is 16.4. The fourth-order valence-electron chi connectivity index (χ4n) is 8.50. The molecule has 0 spiro atoms. The van der Waals surface area contributed by atoms with Crippen molar-refractivity contribution in [1.29, 1.82) is 0 Å². The Hall–Kier alpha value is -7.95. The maximum Gasteiger partial charge on any atom is 0.150 e. The topological polar surface area (TPSA) is 32.0 Å². The van der Waals surface area contributed by atoms with Crippen LogP contribution in [0.2, 0.25) is 0 Å². The van der Waals surface area contributed by atoms with Crippen molar-refractivity contribution in [2.75, 3.05) is 7.11 Å². The van der Waals surface area contributed by atoms with Crippen LogP contribution >= 0.6 is 0 Å². The Kier molecular flexibility index (Phi) is 10.0. The number of allylic oxidation sites excluding steroid dienone is 1. The van der Waals surface area contributed by atoms with E-state index in [1.165, 1.54) is 10.9 Å². The lowest BCUT2D eigenvalue weighted by molar-refractivity contribution is 0.415. The molecule has 61 heavy (non-hydrogen) atoms. The second-order valence-electron chi connectivity index (χ2n) is 15.1. The molecule has 4 nitrogen and oxygen atoms in total. The number of aromatic nitrogens is 3. The maximum absolute atomic E-state index is 6.40. The summed E-state index contributed by atoms with van der Waals surface area (Å²) in [6.07, 6.45) is 8.76. The first-order chi connectivity index (χ1) is 30.2. The molecule has 8 aromatic carbocycles. The van der Waals surface area contributed by atoms with E-state index in [1.807, 2.05) is 12.1 Å². The van der Waals surface area contributed by atoms with Crippen molar-refractivity contribution in [3.05, 3.63) is 223 Å². The number of ether oxygens (including phenoxy) is 1. The van der Waals surface area contributed by atoms with Gasteiger partial charge in [-0.3, -0.25) is 4.57 Å². The van der Waals surface area contributed by atoms with Crippen LogP contribution in [0, 0.1) is 0 Å². The van der Waals surface area contributed by atoms with Gasteiger partial charge in [0.15, 0.2) is 5.75 Å². The smallest absolute Gasteiger partial charge is 0.150 e. The van der Waals surface area contributed by atoms with Crippen molar-refractivity contribution in [2.24, 2.45) is 0 Å². The van der Waals surface area contributed by atoms with Crippen LogP contribution in [0.1, 0.15) is 23.7 Å². The molecule has 2 aromatic heterocycles. The van der Waals surface area contributed by atoms with Crippen LogP contribution in [0.3, 0.4) is 0 Å². The highest BCUT2D eigenvalue weighted by atomic mass is 16.5. The average Bonchev–Trinajstić information content (AvgIpc) is 3.87. The molecule has 0 atom stereocenters. The maximum atomic E-state index is 6.40. The number of benzene rings is 8. The Morgan fingerprint density at radius 2 is 1.08 bits per heavy atom. The lowest BCUT2D eigenvalue weighted by atomic mass is 9.99. The molecule has 4 heteroatoms. The van der Waals surface area contributed by atoms with E-state index in [1.54, 1.807) is 7.11 Å². The van der Waals surface area contributed by atoms with Gasteiger partial charge in [-0.2, -0.15) is 0 Å². The number of methoxy groups -OCH3 is 1. The van der Waals surface area contributed by atoms with Crippen molar-refractivity contribution in [2.45, 2.75) is 6.92 Å². The first-order valence-electron chi connectivity index (χ1n) is 20.7. The number of hydrogen-bond acceptors (Lipinski definition) is 2. The molecule has 10 rings (SSSR count). The molecule has 0 aliphatic rings. The van der Waals surface area contributed by atoms with Gasteiger partial charge in [-0.25, -0.2) is 4.98 Å². The first-order valence-corrected chi connectivity index (χ1v) is 20.7. The van der Waals surface area contributed by atoms with Gasteiger partial charge in [0.25, 0.3) is 0 Å². The van der Waals surface area contributed by atoms with E-state index in [-0.39, 0.29) is 0 Å². The molecule has 10 aromatic rings. The average molecular weight is 786 g/mol. The molecule has 0 saturated carbocycles. The third kappa shape index (κ3) is 7.04. The summed E-state index contributed by atoms with van der Waals surface area (Å²) in [5, 5.41) is 1.17. The third-order valence-electron chi connectivity index (χ3n) is 11.4. The minimum absolute atomic E-state index is 0.810. The first kappa shape index (κ1) is 37.3. The SMILES string of the molecule is C/C=C\c1c(/C=C/c2ccccc2)n(-c2cccc(-c3ccc(-c4ccc(-n5c(-c6ccccc6)nc6ccccc65)cc4)cc3)c2OC)c2cc(-c3ccccc3)ccc12. The Balaban J connectivity index is 1.05. The highest BCUT2D eigenvalue weighted by Gasteiger charge is 2.21. The quantitative estimate of drug-likeness (QED) is 0.138. The van der Waals surface area contributed by atoms with E-state index < -0.39 is 0 Å². The fraction of sp³-hybridized carbons (Fsp3) is 0.0351.